The number of carbonyl (C=O) groups excluding carboxylic acids is 1. The molecule has 4 nitrogen and oxygen atoms in total. The molecule has 2 aliphatic heterocycles. The highest BCUT2D eigenvalue weighted by Gasteiger charge is 2.20. The Morgan fingerprint density at radius 1 is 1.42 bits per heavy atom. The van der Waals surface area contributed by atoms with Gasteiger partial charge in [0.1, 0.15) is 0 Å². The van der Waals surface area contributed by atoms with Crippen LogP contribution in [0.15, 0.2) is 18.2 Å². The first-order valence-electron chi connectivity index (χ1n) is 7.06. The summed E-state index contributed by atoms with van der Waals surface area (Å²) >= 11 is 0. The number of anilines is 1. The number of rotatable bonds is 3. The maximum Gasteiger partial charge on any atom is 0.251 e. The molecule has 19 heavy (non-hydrogen) atoms. The summed E-state index contributed by atoms with van der Waals surface area (Å²) in [5.41, 5.74) is 3.08. The maximum atomic E-state index is 11.8. The van der Waals surface area contributed by atoms with Crippen LogP contribution in [0.25, 0.3) is 0 Å². The van der Waals surface area contributed by atoms with E-state index in [2.05, 4.69) is 16.7 Å². The fourth-order valence-corrected chi connectivity index (χ4v) is 2.85. The van der Waals surface area contributed by atoms with Crippen LogP contribution in [0.2, 0.25) is 0 Å². The number of carbonyl (C=O) groups is 1. The molecule has 0 radical (unpaired) electrons. The minimum atomic E-state index is 0.0471. The first kappa shape index (κ1) is 12.5. The molecule has 1 saturated heterocycles. The molecule has 3 rings (SSSR count). The topological polar surface area (TPSA) is 50.4 Å². The van der Waals surface area contributed by atoms with Gasteiger partial charge in [-0.05, 0) is 42.9 Å². The van der Waals surface area contributed by atoms with E-state index in [9.17, 15) is 4.79 Å². The highest BCUT2D eigenvalue weighted by Crippen LogP contribution is 2.24. The number of amides is 1. The van der Waals surface area contributed by atoms with Crippen LogP contribution in [-0.4, -0.2) is 32.2 Å². The van der Waals surface area contributed by atoms with E-state index in [0.29, 0.717) is 5.92 Å². The summed E-state index contributed by atoms with van der Waals surface area (Å²) in [7, 11) is 0. The van der Waals surface area contributed by atoms with E-state index < -0.39 is 0 Å². The smallest absolute Gasteiger partial charge is 0.251 e. The summed E-state index contributed by atoms with van der Waals surface area (Å²) < 4.78 is 5.50. The normalized spacial score (nSPS) is 22.5. The maximum absolute atomic E-state index is 11.8. The van der Waals surface area contributed by atoms with Crippen LogP contribution in [0.1, 0.15) is 28.8 Å². The Labute approximate surface area is 113 Å². The van der Waals surface area contributed by atoms with Gasteiger partial charge in [0.2, 0.25) is 0 Å². The lowest BCUT2D eigenvalue weighted by atomic mass is 9.97. The van der Waals surface area contributed by atoms with Crippen molar-refractivity contribution in [2.45, 2.75) is 19.3 Å². The molecule has 0 aromatic heterocycles. The fraction of sp³-hybridized carbons (Fsp3) is 0.533. The molecule has 102 valence electrons. The summed E-state index contributed by atoms with van der Waals surface area (Å²) in [6.45, 7) is 3.41. The van der Waals surface area contributed by atoms with Gasteiger partial charge in [-0.15, -0.1) is 0 Å². The van der Waals surface area contributed by atoms with Gasteiger partial charge in [-0.3, -0.25) is 4.79 Å². The number of hydrogen-bond acceptors (Lipinski definition) is 3. The molecule has 2 heterocycles. The molecule has 0 spiro atoms. The Balaban J connectivity index is 1.70. The van der Waals surface area contributed by atoms with Gasteiger partial charge < -0.3 is 15.4 Å². The van der Waals surface area contributed by atoms with Gasteiger partial charge in [-0.25, -0.2) is 0 Å². The molecular weight excluding hydrogens is 240 g/mol. The molecule has 1 aromatic rings. The first-order chi connectivity index (χ1) is 9.34. The summed E-state index contributed by atoms with van der Waals surface area (Å²) in [6.07, 6.45) is 3.29. The molecule has 0 bridgehead atoms. The van der Waals surface area contributed by atoms with Crippen molar-refractivity contribution in [3.8, 4) is 0 Å². The zero-order chi connectivity index (χ0) is 13.1. The lowest BCUT2D eigenvalue weighted by Crippen LogP contribution is -2.32. The molecular formula is C15H20N2O2. The van der Waals surface area contributed by atoms with Crippen molar-refractivity contribution in [1.82, 2.24) is 5.32 Å². The number of hydrogen-bond donors (Lipinski definition) is 2. The summed E-state index contributed by atoms with van der Waals surface area (Å²) in [4.78, 5) is 11.8. The lowest BCUT2D eigenvalue weighted by Gasteiger charge is -2.25. The quantitative estimate of drug-likeness (QED) is 0.871. The van der Waals surface area contributed by atoms with Gasteiger partial charge >= 0.3 is 0 Å². The van der Waals surface area contributed by atoms with Crippen LogP contribution >= 0.6 is 0 Å². The van der Waals surface area contributed by atoms with Gasteiger partial charge in [0.15, 0.2) is 0 Å². The van der Waals surface area contributed by atoms with E-state index in [4.69, 9.17) is 4.74 Å². The van der Waals surface area contributed by atoms with E-state index in [0.717, 1.165) is 56.0 Å². The molecule has 1 aromatic carbocycles. The third-order valence-corrected chi connectivity index (χ3v) is 3.92. The van der Waals surface area contributed by atoms with Crippen LogP contribution in [0, 0.1) is 5.92 Å². The fourth-order valence-electron chi connectivity index (χ4n) is 2.85. The van der Waals surface area contributed by atoms with Gasteiger partial charge in [0.05, 0.1) is 6.61 Å². The number of ether oxygens (including phenoxy) is 1. The van der Waals surface area contributed by atoms with E-state index >= 15 is 0 Å². The highest BCUT2D eigenvalue weighted by atomic mass is 16.5. The zero-order valence-electron chi connectivity index (χ0n) is 11.1. The van der Waals surface area contributed by atoms with Crippen molar-refractivity contribution in [3.63, 3.8) is 0 Å². The van der Waals surface area contributed by atoms with Crippen LogP contribution in [0.5, 0.6) is 0 Å². The van der Waals surface area contributed by atoms with Crippen molar-refractivity contribution in [1.29, 1.82) is 0 Å². The van der Waals surface area contributed by atoms with Crippen molar-refractivity contribution in [3.05, 3.63) is 29.3 Å². The standard InChI is InChI=1S/C15H20N2O2/c18-15-13-4-1-5-14(12(13)6-7-16-15)17-9-11-3-2-8-19-10-11/h1,4-5,11,17H,2-3,6-10H2,(H,16,18). The highest BCUT2D eigenvalue weighted by molar-refractivity contribution is 5.98. The van der Waals surface area contributed by atoms with Gasteiger partial charge in [-0.1, -0.05) is 6.07 Å². The first-order valence-corrected chi connectivity index (χ1v) is 7.06. The second kappa shape index (κ2) is 5.61. The minimum absolute atomic E-state index is 0.0471. The second-order valence-corrected chi connectivity index (χ2v) is 5.30. The van der Waals surface area contributed by atoms with E-state index in [1.54, 1.807) is 0 Å². The zero-order valence-corrected chi connectivity index (χ0v) is 11.1. The van der Waals surface area contributed by atoms with E-state index in [-0.39, 0.29) is 5.91 Å². The Hall–Kier alpha value is -1.55. The van der Waals surface area contributed by atoms with Crippen molar-refractivity contribution < 1.29 is 9.53 Å². The molecule has 0 saturated carbocycles. The summed E-state index contributed by atoms with van der Waals surface area (Å²) in [6, 6.07) is 5.92. The SMILES string of the molecule is O=C1NCCc2c(NCC3CCCOC3)cccc21. The number of fused-ring (bicyclic) bond motifs is 1. The average molecular weight is 260 g/mol. The van der Waals surface area contributed by atoms with Crippen molar-refractivity contribution >= 4 is 11.6 Å². The summed E-state index contributed by atoms with van der Waals surface area (Å²) in [5, 5.41) is 6.39. The number of nitrogens with one attached hydrogen (secondary N) is 2. The van der Waals surface area contributed by atoms with Crippen molar-refractivity contribution in [2.75, 3.05) is 31.6 Å². The van der Waals surface area contributed by atoms with Gasteiger partial charge in [-0.2, -0.15) is 0 Å². The second-order valence-electron chi connectivity index (χ2n) is 5.30. The predicted octanol–water partition coefficient (Wildman–Crippen LogP) is 1.81. The predicted molar refractivity (Wildman–Crippen MR) is 74.5 cm³/mol. The van der Waals surface area contributed by atoms with Crippen LogP contribution in [-0.2, 0) is 11.2 Å². The largest absolute Gasteiger partial charge is 0.384 e. The Morgan fingerprint density at radius 3 is 3.21 bits per heavy atom. The Morgan fingerprint density at radius 2 is 2.37 bits per heavy atom. The molecule has 1 atom stereocenters. The Kier molecular flexibility index (Phi) is 3.69. The molecule has 1 amide bonds. The molecule has 4 heteroatoms. The monoisotopic (exact) mass is 260 g/mol. The summed E-state index contributed by atoms with van der Waals surface area (Å²) in [5.74, 6) is 0.632. The van der Waals surface area contributed by atoms with Crippen LogP contribution in [0.4, 0.5) is 5.69 Å². The van der Waals surface area contributed by atoms with Crippen LogP contribution < -0.4 is 10.6 Å². The minimum Gasteiger partial charge on any atom is -0.384 e. The molecule has 0 aliphatic carbocycles. The van der Waals surface area contributed by atoms with Gasteiger partial charge in [0, 0.05) is 30.9 Å². The molecule has 2 aliphatic rings. The number of benzene rings is 1. The molecule has 1 unspecified atom stereocenters. The lowest BCUT2D eigenvalue weighted by molar-refractivity contribution is 0.0595. The van der Waals surface area contributed by atoms with E-state index in [1.807, 2.05) is 12.1 Å². The molecule has 2 N–H and O–H groups in total. The third kappa shape index (κ3) is 2.73. The average Bonchev–Trinajstić information content (AvgIpc) is 2.47. The van der Waals surface area contributed by atoms with Crippen molar-refractivity contribution in [2.24, 2.45) is 5.92 Å². The Bertz CT molecular complexity index is 467. The van der Waals surface area contributed by atoms with E-state index in [1.165, 1.54) is 6.42 Å². The van der Waals surface area contributed by atoms with Crippen LogP contribution in [0.3, 0.4) is 0 Å². The van der Waals surface area contributed by atoms with Gasteiger partial charge in [0.25, 0.3) is 5.91 Å². The third-order valence-electron chi connectivity index (χ3n) is 3.92. The molecule has 1 fully saturated rings.